The molecule has 0 fully saturated rings. The van der Waals surface area contributed by atoms with Crippen LogP contribution in [-0.2, 0) is 4.74 Å². The normalized spacial score (nSPS) is 14.5. The highest BCUT2D eigenvalue weighted by atomic mass is 35.5. The fourth-order valence-corrected chi connectivity index (χ4v) is 5.16. The summed E-state index contributed by atoms with van der Waals surface area (Å²) in [6.45, 7) is 9.24. The van der Waals surface area contributed by atoms with Crippen molar-refractivity contribution >= 4 is 29.1 Å². The van der Waals surface area contributed by atoms with E-state index < -0.39 is 35.1 Å². The van der Waals surface area contributed by atoms with Crippen molar-refractivity contribution in [1.82, 2.24) is 39.7 Å². The maximum Gasteiger partial charge on any atom is 0.413 e. The lowest BCUT2D eigenvalue weighted by molar-refractivity contribution is 0.0635. The van der Waals surface area contributed by atoms with Gasteiger partial charge < -0.3 is 9.72 Å². The predicted octanol–water partition coefficient (Wildman–Crippen LogP) is 5.56. The first kappa shape index (κ1) is 28.9. The van der Waals surface area contributed by atoms with E-state index in [2.05, 4.69) is 42.4 Å². The number of allylic oxidation sites excluding steroid dienone is 1. The Bertz CT molecular complexity index is 2000. The Morgan fingerprint density at radius 1 is 1.20 bits per heavy atom. The van der Waals surface area contributed by atoms with Crippen LogP contribution in [0.15, 0.2) is 60.3 Å². The molecule has 6 rings (SSSR count). The van der Waals surface area contributed by atoms with E-state index in [1.54, 1.807) is 32.9 Å². The summed E-state index contributed by atoms with van der Waals surface area (Å²) in [5, 5.41) is 13.3. The number of nitrogens with zero attached hydrogens (tertiary/aromatic N) is 7. The molecule has 44 heavy (non-hydrogen) atoms. The van der Waals surface area contributed by atoms with Crippen molar-refractivity contribution in [2.75, 3.05) is 5.32 Å². The minimum Gasteiger partial charge on any atom is -0.444 e. The third kappa shape index (κ3) is 5.35. The van der Waals surface area contributed by atoms with E-state index in [1.807, 2.05) is 0 Å². The number of aromatic nitrogens is 8. The van der Waals surface area contributed by atoms with Crippen LogP contribution in [0.25, 0.3) is 33.8 Å². The van der Waals surface area contributed by atoms with E-state index in [4.69, 9.17) is 16.3 Å². The van der Waals surface area contributed by atoms with Gasteiger partial charge in [0.05, 0.1) is 34.2 Å². The molecule has 0 saturated heterocycles. The number of carbonyl (C=O) groups excluding carboxylic acids is 1. The molecule has 0 saturated carbocycles. The average molecular weight is 620 g/mol. The highest BCUT2D eigenvalue weighted by Gasteiger charge is 2.31. The monoisotopic (exact) mass is 619 g/mol. The van der Waals surface area contributed by atoms with Gasteiger partial charge in [-0.25, -0.2) is 19.2 Å². The van der Waals surface area contributed by atoms with E-state index in [-0.39, 0.29) is 33.4 Å². The lowest BCUT2D eigenvalue weighted by Gasteiger charge is -2.19. The summed E-state index contributed by atoms with van der Waals surface area (Å²) in [4.78, 5) is 36.7. The number of amides is 1. The van der Waals surface area contributed by atoms with Crippen molar-refractivity contribution in [2.45, 2.75) is 38.8 Å². The van der Waals surface area contributed by atoms with Crippen LogP contribution in [0.3, 0.4) is 0 Å². The Hall–Kier alpha value is -5.24. The highest BCUT2D eigenvalue weighted by Crippen LogP contribution is 2.40. The number of pyridine rings is 2. The molecule has 4 aromatic heterocycles. The molecule has 1 aromatic carbocycles. The minimum absolute atomic E-state index is 0.0324. The van der Waals surface area contributed by atoms with Crippen LogP contribution in [0.5, 0.6) is 0 Å². The number of rotatable bonds is 5. The number of H-pyrrole nitrogens is 1. The molecule has 0 aliphatic carbocycles. The zero-order valence-electron chi connectivity index (χ0n) is 23.6. The molecular weight excluding hydrogens is 596 g/mol. The smallest absolute Gasteiger partial charge is 0.413 e. The van der Waals surface area contributed by atoms with Crippen LogP contribution in [0.2, 0.25) is 5.02 Å². The van der Waals surface area contributed by atoms with Gasteiger partial charge in [-0.3, -0.25) is 14.7 Å². The van der Waals surface area contributed by atoms with Crippen molar-refractivity contribution in [3.05, 3.63) is 94.0 Å². The topological polar surface area (TPSA) is 146 Å². The van der Waals surface area contributed by atoms with E-state index >= 15 is 4.39 Å². The fraction of sp³-hybridized carbons (Fsp3) is 0.207. The number of nitrogens with one attached hydrogen (secondary N) is 2. The Kier molecular flexibility index (Phi) is 7.08. The Morgan fingerprint density at radius 3 is 2.70 bits per heavy atom. The van der Waals surface area contributed by atoms with Gasteiger partial charge in [-0.15, -0.1) is 5.10 Å². The van der Waals surface area contributed by atoms with Crippen LogP contribution in [0, 0.1) is 11.8 Å². The number of imidazole rings is 1. The second kappa shape index (κ2) is 10.8. The number of ether oxygens (including phenoxy) is 1. The largest absolute Gasteiger partial charge is 0.444 e. The third-order valence-corrected chi connectivity index (χ3v) is 7.12. The van der Waals surface area contributed by atoms with Crippen LogP contribution in [0.1, 0.15) is 44.6 Å². The second-order valence-corrected chi connectivity index (χ2v) is 11.4. The number of carbonyl (C=O) groups is 1. The van der Waals surface area contributed by atoms with Crippen LogP contribution in [0.4, 0.5) is 19.4 Å². The van der Waals surface area contributed by atoms with Crippen molar-refractivity contribution in [3.8, 4) is 28.2 Å². The summed E-state index contributed by atoms with van der Waals surface area (Å²) in [5.41, 5.74) is 1.15. The van der Waals surface area contributed by atoms with Crippen LogP contribution < -0.4 is 10.9 Å². The number of halogens is 3. The molecule has 1 amide bonds. The maximum absolute atomic E-state index is 15.4. The molecular formula is C29H24ClF2N9O3. The van der Waals surface area contributed by atoms with Gasteiger partial charge in [0, 0.05) is 23.7 Å². The van der Waals surface area contributed by atoms with Gasteiger partial charge >= 0.3 is 6.09 Å². The first-order valence-electron chi connectivity index (χ1n) is 13.3. The predicted molar refractivity (Wildman–Crippen MR) is 157 cm³/mol. The Balaban J connectivity index is 1.32. The molecule has 5 aromatic rings. The van der Waals surface area contributed by atoms with Gasteiger partial charge in [0.1, 0.15) is 23.6 Å². The van der Waals surface area contributed by atoms with E-state index in [0.717, 1.165) is 0 Å². The average Bonchev–Trinajstić information content (AvgIpc) is 3.70. The molecule has 1 aliphatic heterocycles. The number of anilines is 1. The van der Waals surface area contributed by atoms with Crippen molar-refractivity contribution < 1.29 is 18.3 Å². The van der Waals surface area contributed by atoms with Gasteiger partial charge in [-0.1, -0.05) is 18.2 Å². The first-order chi connectivity index (χ1) is 20.9. The molecule has 1 atom stereocenters. The minimum atomic E-state index is -0.876. The number of hydrogen-bond acceptors (Lipinski definition) is 8. The van der Waals surface area contributed by atoms with Crippen LogP contribution in [-0.4, -0.2) is 51.4 Å². The number of aromatic amines is 1. The van der Waals surface area contributed by atoms with E-state index in [1.165, 1.54) is 46.0 Å². The van der Waals surface area contributed by atoms with Crippen molar-refractivity contribution in [2.24, 2.45) is 0 Å². The van der Waals surface area contributed by atoms with Gasteiger partial charge in [0.15, 0.2) is 5.82 Å². The standard InChI is InChI=1S/C29H24ClF2N9O3/c1-14-9-21(18-12-33-27(35-18)16-5-8-22(36-26(16)32)37-28(43)44-29(2,3)4)41-20(14)10-15(11-23(41)42)24-19(40-13-34-38-39-40)7-6-17(30)25(24)31/h5-8,10-13,21H,1,9H2,2-4H3,(H,33,35)(H,36,37,43). The lowest BCUT2D eigenvalue weighted by atomic mass is 10.0. The quantitative estimate of drug-likeness (QED) is 0.243. The highest BCUT2D eigenvalue weighted by molar-refractivity contribution is 6.31. The van der Waals surface area contributed by atoms with Crippen LogP contribution >= 0.6 is 11.6 Å². The summed E-state index contributed by atoms with van der Waals surface area (Å²) >= 11 is 6.10. The molecule has 224 valence electrons. The molecule has 1 aliphatic rings. The molecule has 5 heterocycles. The molecule has 1 unspecified atom stereocenters. The number of tetrazole rings is 1. The molecule has 0 bridgehead atoms. The summed E-state index contributed by atoms with van der Waals surface area (Å²) in [6, 6.07) is 8.19. The molecule has 15 heteroatoms. The Morgan fingerprint density at radius 2 is 2.00 bits per heavy atom. The fourth-order valence-electron chi connectivity index (χ4n) is 5.00. The number of fused-ring (bicyclic) bond motifs is 1. The molecule has 2 N–H and O–H groups in total. The molecule has 0 spiro atoms. The van der Waals surface area contributed by atoms with E-state index in [0.29, 0.717) is 29.1 Å². The number of hydrogen-bond donors (Lipinski definition) is 2. The summed E-state index contributed by atoms with van der Waals surface area (Å²) in [7, 11) is 0. The Labute approximate surface area is 253 Å². The zero-order chi connectivity index (χ0) is 31.3. The van der Waals surface area contributed by atoms with Crippen molar-refractivity contribution in [3.63, 3.8) is 0 Å². The molecule has 0 radical (unpaired) electrons. The van der Waals surface area contributed by atoms with Gasteiger partial charge in [0.2, 0.25) is 5.95 Å². The first-order valence-corrected chi connectivity index (χ1v) is 13.7. The summed E-state index contributed by atoms with van der Waals surface area (Å²) < 4.78 is 38.3. The zero-order valence-corrected chi connectivity index (χ0v) is 24.4. The SMILES string of the molecule is C=C1CC(c2cnc(-c3ccc(NC(=O)OC(C)(C)C)nc3F)[nH]2)n2c1cc(-c1c(-n3cnnn3)ccc(Cl)c1F)cc2=O. The summed E-state index contributed by atoms with van der Waals surface area (Å²) in [6.07, 6.45) is 2.38. The molecule has 12 nitrogen and oxygen atoms in total. The van der Waals surface area contributed by atoms with Gasteiger partial charge in [-0.05, 0) is 72.7 Å². The number of benzene rings is 1. The van der Waals surface area contributed by atoms with E-state index in [9.17, 15) is 14.0 Å². The maximum atomic E-state index is 15.4. The summed E-state index contributed by atoms with van der Waals surface area (Å²) in [5.74, 6) is -1.47. The van der Waals surface area contributed by atoms with Gasteiger partial charge in [-0.2, -0.15) is 9.07 Å². The van der Waals surface area contributed by atoms with Crippen molar-refractivity contribution in [1.29, 1.82) is 0 Å². The van der Waals surface area contributed by atoms with Gasteiger partial charge in [0.25, 0.3) is 5.56 Å². The second-order valence-electron chi connectivity index (χ2n) is 11.0. The lowest BCUT2D eigenvalue weighted by Crippen LogP contribution is -2.27. The third-order valence-electron chi connectivity index (χ3n) is 6.83.